The molecular formula is C21H23ClN2O6S2. The number of halogens is 1. The van der Waals surface area contributed by atoms with E-state index in [-0.39, 0.29) is 28.2 Å². The Hall–Kier alpha value is -2.43. The van der Waals surface area contributed by atoms with Crippen molar-refractivity contribution in [3.8, 4) is 11.5 Å². The van der Waals surface area contributed by atoms with Crippen LogP contribution in [0, 0.1) is 5.92 Å². The largest absolute Gasteiger partial charge is 0.495 e. The fourth-order valence-electron chi connectivity index (χ4n) is 2.99. The third-order valence-corrected chi connectivity index (χ3v) is 8.19. The van der Waals surface area contributed by atoms with Gasteiger partial charge in [0.15, 0.2) is 9.84 Å². The molecule has 0 saturated carbocycles. The number of sulfone groups is 1. The lowest BCUT2D eigenvalue weighted by Gasteiger charge is -2.13. The van der Waals surface area contributed by atoms with E-state index in [0.29, 0.717) is 28.6 Å². The summed E-state index contributed by atoms with van der Waals surface area (Å²) >= 11 is 7.59. The molecule has 0 spiro atoms. The van der Waals surface area contributed by atoms with Crippen LogP contribution >= 0.6 is 23.4 Å². The van der Waals surface area contributed by atoms with E-state index < -0.39 is 21.5 Å². The smallest absolute Gasteiger partial charge is 0.228 e. The summed E-state index contributed by atoms with van der Waals surface area (Å²) in [6.45, 7) is 1.81. The van der Waals surface area contributed by atoms with Crippen LogP contribution in [0.2, 0.25) is 5.02 Å². The van der Waals surface area contributed by atoms with Gasteiger partial charge in [-0.25, -0.2) is 8.42 Å². The molecule has 3 rings (SSSR count). The molecule has 2 aromatic carbocycles. The monoisotopic (exact) mass is 498 g/mol. The number of nitrogens with one attached hydrogen (secondary N) is 2. The average Bonchev–Trinajstić information content (AvgIpc) is 2.90. The Balaban J connectivity index is 1.71. The van der Waals surface area contributed by atoms with Gasteiger partial charge in [-0.15, -0.1) is 11.8 Å². The van der Waals surface area contributed by atoms with Crippen LogP contribution in [0.1, 0.15) is 13.3 Å². The second kappa shape index (κ2) is 10.0. The predicted octanol–water partition coefficient (Wildman–Crippen LogP) is 3.84. The first-order chi connectivity index (χ1) is 15.1. The van der Waals surface area contributed by atoms with Crippen molar-refractivity contribution >= 4 is 56.4 Å². The molecule has 0 saturated heterocycles. The number of fused-ring (bicyclic) bond motifs is 1. The minimum Gasteiger partial charge on any atom is -0.495 e. The summed E-state index contributed by atoms with van der Waals surface area (Å²) in [5.74, 6) is 0.0747. The average molecular weight is 499 g/mol. The highest BCUT2D eigenvalue weighted by molar-refractivity contribution is 7.99. The fraction of sp³-hybridized carbons (Fsp3) is 0.333. The van der Waals surface area contributed by atoms with Gasteiger partial charge in [0.05, 0.1) is 41.3 Å². The summed E-state index contributed by atoms with van der Waals surface area (Å²) in [5.41, 5.74) is 0.770. The van der Waals surface area contributed by atoms with Crippen molar-refractivity contribution in [1.29, 1.82) is 0 Å². The molecular weight excluding hydrogens is 476 g/mol. The topological polar surface area (TPSA) is 111 Å². The summed E-state index contributed by atoms with van der Waals surface area (Å²) in [4.78, 5) is 25.4. The zero-order chi connectivity index (χ0) is 23.5. The standard InChI is InChI=1S/C21H23ClN2O6S2/c1-12-11-31-19-5-4-13(8-16(19)24-21(12)26)32(27,28)7-6-20(25)23-15-9-14(22)17(29-2)10-18(15)30-3/h4-5,8-10,12H,6-7,11H2,1-3H3,(H,23,25)(H,24,26)/t12-/m0/s1. The van der Waals surface area contributed by atoms with Crippen LogP contribution < -0.4 is 20.1 Å². The molecule has 11 heteroatoms. The van der Waals surface area contributed by atoms with Crippen LogP contribution in [0.15, 0.2) is 40.1 Å². The molecule has 0 aliphatic carbocycles. The van der Waals surface area contributed by atoms with Crippen molar-refractivity contribution < 1.29 is 27.5 Å². The number of carbonyl (C=O) groups is 2. The Kier molecular flexibility index (Phi) is 7.58. The van der Waals surface area contributed by atoms with E-state index in [2.05, 4.69) is 10.6 Å². The van der Waals surface area contributed by atoms with E-state index in [9.17, 15) is 18.0 Å². The van der Waals surface area contributed by atoms with Crippen LogP contribution in [0.25, 0.3) is 0 Å². The van der Waals surface area contributed by atoms with Gasteiger partial charge in [0.2, 0.25) is 11.8 Å². The van der Waals surface area contributed by atoms with E-state index in [0.717, 1.165) is 4.90 Å². The molecule has 32 heavy (non-hydrogen) atoms. The lowest BCUT2D eigenvalue weighted by molar-refractivity contribution is -0.118. The molecule has 8 nitrogen and oxygen atoms in total. The Bertz CT molecular complexity index is 1150. The first-order valence-electron chi connectivity index (χ1n) is 9.66. The van der Waals surface area contributed by atoms with Gasteiger partial charge in [0.1, 0.15) is 11.5 Å². The van der Waals surface area contributed by atoms with E-state index in [1.54, 1.807) is 6.07 Å². The third kappa shape index (κ3) is 5.48. The number of amides is 2. The molecule has 0 fully saturated rings. The maximum absolute atomic E-state index is 12.8. The van der Waals surface area contributed by atoms with Crippen LogP contribution in [0.4, 0.5) is 11.4 Å². The van der Waals surface area contributed by atoms with Gasteiger partial charge in [-0.3, -0.25) is 9.59 Å². The minimum atomic E-state index is -3.76. The van der Waals surface area contributed by atoms with E-state index in [4.69, 9.17) is 21.1 Å². The van der Waals surface area contributed by atoms with Crippen molar-refractivity contribution in [2.24, 2.45) is 5.92 Å². The summed E-state index contributed by atoms with van der Waals surface area (Å²) in [6.07, 6.45) is -0.273. The van der Waals surface area contributed by atoms with Gasteiger partial charge in [0.25, 0.3) is 0 Å². The zero-order valence-corrected chi connectivity index (χ0v) is 20.1. The van der Waals surface area contributed by atoms with Gasteiger partial charge in [-0.2, -0.15) is 0 Å². The normalized spacial score (nSPS) is 15.9. The number of methoxy groups -OCH3 is 2. The highest BCUT2D eigenvalue weighted by atomic mass is 35.5. The number of ether oxygens (including phenoxy) is 2. The molecule has 2 amide bonds. The Morgan fingerprint density at radius 3 is 2.62 bits per heavy atom. The molecule has 0 bridgehead atoms. The zero-order valence-electron chi connectivity index (χ0n) is 17.7. The summed E-state index contributed by atoms with van der Waals surface area (Å²) < 4.78 is 36.0. The van der Waals surface area contributed by atoms with Crippen LogP contribution in [-0.4, -0.2) is 46.0 Å². The number of thioether (sulfide) groups is 1. The maximum atomic E-state index is 12.8. The first-order valence-corrected chi connectivity index (χ1v) is 12.7. The van der Waals surface area contributed by atoms with Gasteiger partial charge in [-0.1, -0.05) is 18.5 Å². The van der Waals surface area contributed by atoms with Crippen molar-refractivity contribution in [3.05, 3.63) is 35.4 Å². The van der Waals surface area contributed by atoms with Crippen molar-refractivity contribution in [3.63, 3.8) is 0 Å². The number of benzene rings is 2. The molecule has 2 aromatic rings. The number of rotatable bonds is 7. The number of hydrogen-bond acceptors (Lipinski definition) is 7. The van der Waals surface area contributed by atoms with E-state index >= 15 is 0 Å². The third-order valence-electron chi connectivity index (χ3n) is 4.85. The molecule has 2 N–H and O–H groups in total. The van der Waals surface area contributed by atoms with Crippen molar-refractivity contribution in [2.45, 2.75) is 23.1 Å². The van der Waals surface area contributed by atoms with Crippen LogP contribution in [0.3, 0.4) is 0 Å². The van der Waals surface area contributed by atoms with Crippen molar-refractivity contribution in [1.82, 2.24) is 0 Å². The van der Waals surface area contributed by atoms with Gasteiger partial charge < -0.3 is 20.1 Å². The maximum Gasteiger partial charge on any atom is 0.228 e. The molecule has 1 aliphatic rings. The van der Waals surface area contributed by atoms with Crippen molar-refractivity contribution in [2.75, 3.05) is 36.4 Å². The molecule has 1 heterocycles. The van der Waals surface area contributed by atoms with Gasteiger partial charge >= 0.3 is 0 Å². The summed E-state index contributed by atoms with van der Waals surface area (Å²) in [7, 11) is -0.872. The summed E-state index contributed by atoms with van der Waals surface area (Å²) in [5, 5.41) is 5.66. The molecule has 0 radical (unpaired) electrons. The SMILES string of the molecule is COc1cc(OC)c(NC(=O)CCS(=O)(=O)c2ccc3c(c2)NC(=O)[C@@H](C)CS3)cc1Cl. The highest BCUT2D eigenvalue weighted by Crippen LogP contribution is 2.36. The highest BCUT2D eigenvalue weighted by Gasteiger charge is 2.23. The predicted molar refractivity (Wildman–Crippen MR) is 125 cm³/mol. The number of hydrogen-bond donors (Lipinski definition) is 2. The second-order valence-corrected chi connectivity index (χ2v) is 10.7. The Morgan fingerprint density at radius 1 is 1.22 bits per heavy atom. The first kappa shape index (κ1) is 24.2. The number of anilines is 2. The van der Waals surface area contributed by atoms with E-state index in [1.165, 1.54) is 50.2 Å². The second-order valence-electron chi connectivity index (χ2n) is 7.16. The van der Waals surface area contributed by atoms with Crippen LogP contribution in [0.5, 0.6) is 11.5 Å². The fourth-order valence-corrected chi connectivity index (χ4v) is 5.50. The van der Waals surface area contributed by atoms with Gasteiger partial charge in [0, 0.05) is 29.1 Å². The quantitative estimate of drug-likeness (QED) is 0.596. The lowest BCUT2D eigenvalue weighted by atomic mass is 10.2. The molecule has 0 aromatic heterocycles. The molecule has 1 aliphatic heterocycles. The summed E-state index contributed by atoms with van der Waals surface area (Å²) in [6, 6.07) is 7.61. The van der Waals surface area contributed by atoms with Crippen LogP contribution in [-0.2, 0) is 19.4 Å². The lowest BCUT2D eigenvalue weighted by Crippen LogP contribution is -2.20. The van der Waals surface area contributed by atoms with E-state index in [1.807, 2.05) is 6.92 Å². The molecule has 0 unspecified atom stereocenters. The minimum absolute atomic E-state index is 0.0459. The molecule has 172 valence electrons. The molecule has 1 atom stereocenters. The van der Waals surface area contributed by atoms with Gasteiger partial charge in [-0.05, 0) is 24.3 Å². The Labute approximate surface area is 195 Å². The Morgan fingerprint density at radius 2 is 1.94 bits per heavy atom. The number of carbonyl (C=O) groups excluding carboxylic acids is 2.